The summed E-state index contributed by atoms with van der Waals surface area (Å²) in [6.07, 6.45) is 6.03. The number of benzene rings is 1. The fourth-order valence-electron chi connectivity index (χ4n) is 3.12. The highest BCUT2D eigenvalue weighted by atomic mass is 16.1. The first-order valence-corrected chi connectivity index (χ1v) is 9.17. The molecule has 22 heavy (non-hydrogen) atoms. The third-order valence-electron chi connectivity index (χ3n) is 4.48. The summed E-state index contributed by atoms with van der Waals surface area (Å²) < 4.78 is 0. The molecule has 126 valence electrons. The molecule has 0 amide bonds. The lowest BCUT2D eigenvalue weighted by Crippen LogP contribution is -2.18. The van der Waals surface area contributed by atoms with Gasteiger partial charge in [-0.1, -0.05) is 77.3 Å². The van der Waals surface area contributed by atoms with E-state index in [0.29, 0.717) is 18.1 Å². The van der Waals surface area contributed by atoms with Crippen molar-refractivity contribution in [2.75, 3.05) is 0 Å². The van der Waals surface area contributed by atoms with Gasteiger partial charge in [-0.3, -0.25) is 4.79 Å². The van der Waals surface area contributed by atoms with Crippen LogP contribution < -0.4 is 0 Å². The van der Waals surface area contributed by atoms with Crippen molar-refractivity contribution < 1.29 is 4.79 Å². The summed E-state index contributed by atoms with van der Waals surface area (Å²) in [5.74, 6) is 1.78. The van der Waals surface area contributed by atoms with E-state index in [9.17, 15) is 4.79 Å². The van der Waals surface area contributed by atoms with Gasteiger partial charge in [0.15, 0.2) is 0 Å². The van der Waals surface area contributed by atoms with Crippen LogP contribution in [-0.4, -0.2) is 5.78 Å². The van der Waals surface area contributed by atoms with Crippen molar-refractivity contribution in [2.45, 2.75) is 80.1 Å². The highest BCUT2D eigenvalue weighted by Crippen LogP contribution is 2.28. The van der Waals surface area contributed by atoms with E-state index >= 15 is 0 Å². The Labute approximate surface area is 138 Å². The van der Waals surface area contributed by atoms with Crippen molar-refractivity contribution in [3.8, 4) is 0 Å². The quantitative estimate of drug-likeness (QED) is 0.517. The number of rotatable bonds is 9. The van der Waals surface area contributed by atoms with Gasteiger partial charge in [0.1, 0.15) is 5.78 Å². The van der Waals surface area contributed by atoms with Crippen LogP contribution in [0, 0.1) is 18.8 Å². The van der Waals surface area contributed by atoms with E-state index in [-0.39, 0.29) is 0 Å². The minimum atomic E-state index is 0.408. The second kappa shape index (κ2) is 12.4. The van der Waals surface area contributed by atoms with E-state index in [1.807, 2.05) is 20.8 Å². The Hall–Kier alpha value is -1.11. The Bertz CT molecular complexity index is 404. The van der Waals surface area contributed by atoms with Crippen molar-refractivity contribution in [2.24, 2.45) is 11.8 Å². The van der Waals surface area contributed by atoms with E-state index in [2.05, 4.69) is 45.0 Å². The summed E-state index contributed by atoms with van der Waals surface area (Å²) >= 11 is 0. The van der Waals surface area contributed by atoms with Gasteiger partial charge in [0.25, 0.3) is 0 Å². The van der Waals surface area contributed by atoms with E-state index < -0.39 is 0 Å². The highest BCUT2D eigenvalue weighted by molar-refractivity contribution is 5.77. The van der Waals surface area contributed by atoms with Gasteiger partial charge in [0, 0.05) is 12.8 Å². The lowest BCUT2D eigenvalue weighted by atomic mass is 9.80. The van der Waals surface area contributed by atoms with Gasteiger partial charge in [0.05, 0.1) is 0 Å². The number of carbonyl (C=O) groups is 1. The molecule has 1 rings (SSSR count). The molecule has 0 aliphatic heterocycles. The molecule has 0 aliphatic carbocycles. The molecule has 0 saturated carbocycles. The monoisotopic (exact) mass is 304 g/mol. The SMILES string of the molecule is CC.CCC(=O)CCC(Cc1cccc(C)c1)C(CC)CC. The Kier molecular flexibility index (Phi) is 11.8. The molecule has 0 N–H and O–H groups in total. The molecule has 0 radical (unpaired) electrons. The third-order valence-corrected chi connectivity index (χ3v) is 4.48. The highest BCUT2D eigenvalue weighted by Gasteiger charge is 2.19. The van der Waals surface area contributed by atoms with Gasteiger partial charge >= 0.3 is 0 Å². The first-order valence-electron chi connectivity index (χ1n) is 9.17. The maximum atomic E-state index is 11.6. The molecule has 0 aliphatic rings. The Balaban J connectivity index is 0.00000211. The van der Waals surface area contributed by atoms with E-state index in [1.54, 1.807) is 0 Å². The zero-order valence-electron chi connectivity index (χ0n) is 15.6. The van der Waals surface area contributed by atoms with Crippen molar-refractivity contribution in [1.82, 2.24) is 0 Å². The first-order chi connectivity index (χ1) is 10.6. The molecule has 0 spiro atoms. The van der Waals surface area contributed by atoms with Crippen LogP contribution in [0.3, 0.4) is 0 Å². The van der Waals surface area contributed by atoms with Crippen molar-refractivity contribution in [1.29, 1.82) is 0 Å². The minimum absolute atomic E-state index is 0.408. The fourth-order valence-corrected chi connectivity index (χ4v) is 3.12. The molecule has 1 aromatic rings. The number of aryl methyl sites for hydroxylation is 1. The number of carbonyl (C=O) groups excluding carboxylic acids is 1. The van der Waals surface area contributed by atoms with Crippen LogP contribution in [0.2, 0.25) is 0 Å². The van der Waals surface area contributed by atoms with Gasteiger partial charge in [-0.15, -0.1) is 0 Å². The number of hydrogen-bond donors (Lipinski definition) is 0. The van der Waals surface area contributed by atoms with Crippen molar-refractivity contribution in [3.63, 3.8) is 0 Å². The Morgan fingerprint density at radius 2 is 1.68 bits per heavy atom. The zero-order chi connectivity index (χ0) is 17.0. The van der Waals surface area contributed by atoms with Crippen molar-refractivity contribution >= 4 is 5.78 Å². The second-order valence-corrected chi connectivity index (χ2v) is 5.96. The largest absolute Gasteiger partial charge is 0.300 e. The predicted octanol–water partition coefficient (Wildman–Crippen LogP) is 6.38. The summed E-state index contributed by atoms with van der Waals surface area (Å²) in [6, 6.07) is 8.81. The molecule has 1 heteroatoms. The van der Waals surface area contributed by atoms with Gasteiger partial charge in [-0.05, 0) is 37.2 Å². The molecule has 1 nitrogen and oxygen atoms in total. The lowest BCUT2D eigenvalue weighted by molar-refractivity contribution is -0.119. The molecular formula is C21H36O. The molecule has 0 aromatic heterocycles. The van der Waals surface area contributed by atoms with Crippen LogP contribution >= 0.6 is 0 Å². The Morgan fingerprint density at radius 3 is 2.18 bits per heavy atom. The van der Waals surface area contributed by atoms with Crippen molar-refractivity contribution in [3.05, 3.63) is 35.4 Å². The van der Waals surface area contributed by atoms with Gasteiger partial charge in [-0.25, -0.2) is 0 Å². The molecule has 0 fully saturated rings. The summed E-state index contributed by atoms with van der Waals surface area (Å²) in [6.45, 7) is 12.7. The normalized spacial score (nSPS) is 11.8. The van der Waals surface area contributed by atoms with Gasteiger partial charge in [0.2, 0.25) is 0 Å². The molecular weight excluding hydrogens is 268 g/mol. The standard InChI is InChI=1S/C19H30O.C2H6/c1-5-17(6-2)18(11-12-19(20)7-3)14-16-10-8-9-15(4)13-16;1-2/h8-10,13,17-18H,5-7,11-12,14H2,1-4H3;1-2H3. The third kappa shape index (κ3) is 7.77. The molecule has 0 bridgehead atoms. The van der Waals surface area contributed by atoms with Crippen LogP contribution in [0.15, 0.2) is 24.3 Å². The van der Waals surface area contributed by atoms with E-state index in [4.69, 9.17) is 0 Å². The predicted molar refractivity (Wildman–Crippen MR) is 98.3 cm³/mol. The van der Waals surface area contributed by atoms with Crippen LogP contribution in [0.4, 0.5) is 0 Å². The second-order valence-electron chi connectivity index (χ2n) is 5.96. The minimum Gasteiger partial charge on any atom is -0.300 e. The smallest absolute Gasteiger partial charge is 0.132 e. The average molecular weight is 305 g/mol. The molecule has 1 atom stereocenters. The maximum absolute atomic E-state index is 11.6. The molecule has 0 heterocycles. The van der Waals surface area contributed by atoms with Crippen LogP contribution in [-0.2, 0) is 11.2 Å². The molecule has 0 saturated heterocycles. The Morgan fingerprint density at radius 1 is 1.05 bits per heavy atom. The van der Waals surface area contributed by atoms with Gasteiger partial charge < -0.3 is 0 Å². The van der Waals surface area contributed by atoms with Crippen LogP contribution in [0.5, 0.6) is 0 Å². The fraction of sp³-hybridized carbons (Fsp3) is 0.667. The van der Waals surface area contributed by atoms with Crippen LogP contribution in [0.25, 0.3) is 0 Å². The maximum Gasteiger partial charge on any atom is 0.132 e. The number of ketones is 1. The summed E-state index contributed by atoms with van der Waals surface area (Å²) in [5, 5.41) is 0. The zero-order valence-corrected chi connectivity index (χ0v) is 15.6. The number of hydrogen-bond acceptors (Lipinski definition) is 1. The average Bonchev–Trinajstić information content (AvgIpc) is 2.55. The summed E-state index contributed by atoms with van der Waals surface area (Å²) in [4.78, 5) is 11.6. The first kappa shape index (κ1) is 20.9. The van der Waals surface area contributed by atoms with Gasteiger partial charge in [-0.2, -0.15) is 0 Å². The van der Waals surface area contributed by atoms with Crippen LogP contribution in [0.1, 0.15) is 77.8 Å². The number of Topliss-reactive ketones (excluding diaryl/α,β-unsaturated/α-hetero) is 1. The topological polar surface area (TPSA) is 17.1 Å². The summed E-state index contributed by atoms with van der Waals surface area (Å²) in [7, 11) is 0. The molecule has 1 unspecified atom stereocenters. The lowest BCUT2D eigenvalue weighted by Gasteiger charge is -2.25. The van der Waals surface area contributed by atoms with E-state index in [1.165, 1.54) is 24.0 Å². The van der Waals surface area contributed by atoms with E-state index in [0.717, 1.165) is 25.2 Å². The summed E-state index contributed by atoms with van der Waals surface area (Å²) in [5.41, 5.74) is 2.75. The molecule has 1 aromatic carbocycles.